The van der Waals surface area contributed by atoms with Crippen molar-refractivity contribution in [2.45, 2.75) is 20.8 Å². The molecular weight excluding hydrogens is 287 g/mol. The molecule has 0 aliphatic rings. The van der Waals surface area contributed by atoms with Crippen molar-refractivity contribution in [3.63, 3.8) is 0 Å². The lowest BCUT2D eigenvalue weighted by molar-refractivity contribution is -0.211. The summed E-state index contributed by atoms with van der Waals surface area (Å²) in [5.41, 5.74) is 2.05. The second-order valence-corrected chi connectivity index (χ2v) is 4.88. The maximum atomic E-state index is 12.9. The second kappa shape index (κ2) is 6.39. The van der Waals surface area contributed by atoms with Gasteiger partial charge in [0.2, 0.25) is 0 Å². The fourth-order valence-corrected chi connectivity index (χ4v) is 2.06. The summed E-state index contributed by atoms with van der Waals surface area (Å²) in [4.78, 5) is 32.9. The van der Waals surface area contributed by atoms with Gasteiger partial charge in [-0.25, -0.2) is 9.18 Å². The number of hydrogen-bond donors (Lipinski definition) is 0. The van der Waals surface area contributed by atoms with Gasteiger partial charge in [-0.2, -0.15) is 0 Å². The Morgan fingerprint density at radius 2 is 1.64 bits per heavy atom. The molecule has 0 aliphatic carbocycles. The predicted molar refractivity (Wildman–Crippen MR) is 78.1 cm³/mol. The first-order valence-corrected chi connectivity index (χ1v) is 6.65. The van der Waals surface area contributed by atoms with E-state index < -0.39 is 11.8 Å². The highest BCUT2D eigenvalue weighted by Crippen LogP contribution is 2.28. The van der Waals surface area contributed by atoms with Gasteiger partial charge in [-0.15, -0.1) is 0 Å². The standard InChI is InChI=1S/C17H15FO4/c1-10-4-9-15(11(2)17(10)22-21-12(3)19)16(20)13-5-7-14(18)8-6-13/h4-9H,1-3H3. The predicted octanol–water partition coefficient (Wildman–Crippen LogP) is 3.53. The van der Waals surface area contributed by atoms with Crippen LogP contribution in [0.5, 0.6) is 5.75 Å². The van der Waals surface area contributed by atoms with Crippen molar-refractivity contribution in [3.05, 3.63) is 64.5 Å². The Kier molecular flexibility index (Phi) is 4.56. The van der Waals surface area contributed by atoms with Crippen molar-refractivity contribution < 1.29 is 23.8 Å². The van der Waals surface area contributed by atoms with Gasteiger partial charge in [-0.3, -0.25) is 14.6 Å². The van der Waals surface area contributed by atoms with E-state index >= 15 is 0 Å². The third-order valence-electron chi connectivity index (χ3n) is 3.20. The first-order chi connectivity index (χ1) is 10.4. The summed E-state index contributed by atoms with van der Waals surface area (Å²) in [7, 11) is 0. The summed E-state index contributed by atoms with van der Waals surface area (Å²) in [6.45, 7) is 4.69. The highest BCUT2D eigenvalue weighted by atomic mass is 19.1. The van der Waals surface area contributed by atoms with E-state index in [1.54, 1.807) is 26.0 Å². The first kappa shape index (κ1) is 15.7. The molecule has 0 fully saturated rings. The van der Waals surface area contributed by atoms with Gasteiger partial charge in [0.05, 0.1) is 0 Å². The van der Waals surface area contributed by atoms with Crippen LogP contribution in [0.3, 0.4) is 0 Å². The number of halogens is 1. The highest BCUT2D eigenvalue weighted by Gasteiger charge is 2.17. The number of carbonyl (C=O) groups is 2. The lowest BCUT2D eigenvalue weighted by Crippen LogP contribution is -2.09. The smallest absolute Gasteiger partial charge is 0.289 e. The molecule has 0 saturated carbocycles. The van der Waals surface area contributed by atoms with Gasteiger partial charge >= 0.3 is 5.97 Å². The first-order valence-electron chi connectivity index (χ1n) is 6.65. The third-order valence-corrected chi connectivity index (χ3v) is 3.20. The Hall–Kier alpha value is -2.69. The van der Waals surface area contributed by atoms with E-state index in [1.165, 1.54) is 31.2 Å². The maximum Gasteiger partial charge on any atom is 0.352 e. The summed E-state index contributed by atoms with van der Waals surface area (Å²) < 4.78 is 12.9. The van der Waals surface area contributed by atoms with E-state index in [1.807, 2.05) is 0 Å². The lowest BCUT2D eigenvalue weighted by atomic mass is 9.96. The fraction of sp³-hybridized carbons (Fsp3) is 0.176. The molecule has 114 valence electrons. The zero-order valence-corrected chi connectivity index (χ0v) is 12.5. The van der Waals surface area contributed by atoms with E-state index in [-0.39, 0.29) is 5.78 Å². The summed E-state index contributed by atoms with van der Waals surface area (Å²) >= 11 is 0. The van der Waals surface area contributed by atoms with E-state index in [0.29, 0.717) is 22.4 Å². The van der Waals surface area contributed by atoms with Crippen molar-refractivity contribution >= 4 is 11.8 Å². The van der Waals surface area contributed by atoms with Crippen LogP contribution in [0.15, 0.2) is 36.4 Å². The molecule has 0 N–H and O–H groups in total. The number of benzene rings is 2. The van der Waals surface area contributed by atoms with Gasteiger partial charge in [0.1, 0.15) is 5.82 Å². The molecule has 0 spiro atoms. The van der Waals surface area contributed by atoms with Gasteiger partial charge in [0.25, 0.3) is 0 Å². The van der Waals surface area contributed by atoms with Crippen molar-refractivity contribution in [2.24, 2.45) is 0 Å². The molecule has 0 heterocycles. The number of carbonyl (C=O) groups excluding carboxylic acids is 2. The molecular formula is C17H15FO4. The Bertz CT molecular complexity index is 720. The quantitative estimate of drug-likeness (QED) is 0.492. The minimum atomic E-state index is -0.589. The van der Waals surface area contributed by atoms with E-state index in [0.717, 1.165) is 5.56 Å². The minimum Gasteiger partial charge on any atom is -0.289 e. The number of ketones is 1. The zero-order chi connectivity index (χ0) is 16.3. The summed E-state index contributed by atoms with van der Waals surface area (Å²) in [5.74, 6) is -0.932. The van der Waals surface area contributed by atoms with Gasteiger partial charge in [-0.05, 0) is 43.7 Å². The number of rotatable bonds is 4. The molecule has 0 aromatic heterocycles. The highest BCUT2D eigenvalue weighted by molar-refractivity contribution is 6.10. The molecule has 0 radical (unpaired) electrons. The van der Waals surface area contributed by atoms with Crippen LogP contribution in [0.1, 0.15) is 34.0 Å². The van der Waals surface area contributed by atoms with Crippen molar-refractivity contribution in [3.8, 4) is 5.75 Å². The zero-order valence-electron chi connectivity index (χ0n) is 12.5. The van der Waals surface area contributed by atoms with E-state index in [9.17, 15) is 14.0 Å². The molecule has 5 heteroatoms. The molecule has 22 heavy (non-hydrogen) atoms. The molecule has 0 atom stereocenters. The molecule has 2 aromatic carbocycles. The lowest BCUT2D eigenvalue weighted by Gasteiger charge is -2.12. The van der Waals surface area contributed by atoms with Crippen molar-refractivity contribution in [1.82, 2.24) is 0 Å². The minimum absolute atomic E-state index is 0.259. The van der Waals surface area contributed by atoms with Gasteiger partial charge in [0.15, 0.2) is 11.5 Å². The van der Waals surface area contributed by atoms with Crippen molar-refractivity contribution in [2.75, 3.05) is 0 Å². The Morgan fingerprint density at radius 3 is 2.23 bits per heavy atom. The van der Waals surface area contributed by atoms with Gasteiger partial charge in [-0.1, -0.05) is 12.1 Å². The molecule has 0 saturated heterocycles. The molecule has 0 bridgehead atoms. The van der Waals surface area contributed by atoms with E-state index in [2.05, 4.69) is 4.89 Å². The average Bonchev–Trinajstić information content (AvgIpc) is 2.47. The Labute approximate surface area is 127 Å². The molecule has 2 aromatic rings. The number of aryl methyl sites for hydroxylation is 1. The molecule has 0 unspecified atom stereocenters. The van der Waals surface area contributed by atoms with Gasteiger partial charge < -0.3 is 0 Å². The van der Waals surface area contributed by atoms with Crippen LogP contribution < -0.4 is 4.89 Å². The molecule has 4 nitrogen and oxygen atoms in total. The summed E-state index contributed by atoms with van der Waals surface area (Å²) in [6.07, 6.45) is 0. The van der Waals surface area contributed by atoms with Crippen LogP contribution in [-0.4, -0.2) is 11.8 Å². The van der Waals surface area contributed by atoms with E-state index in [4.69, 9.17) is 4.89 Å². The van der Waals surface area contributed by atoms with Crippen LogP contribution in [0.4, 0.5) is 4.39 Å². The molecule has 2 rings (SSSR count). The van der Waals surface area contributed by atoms with Crippen LogP contribution >= 0.6 is 0 Å². The van der Waals surface area contributed by atoms with Crippen LogP contribution in [0.2, 0.25) is 0 Å². The SMILES string of the molecule is CC(=O)OOc1c(C)ccc(C(=O)c2ccc(F)cc2)c1C. The fourth-order valence-electron chi connectivity index (χ4n) is 2.06. The third kappa shape index (κ3) is 3.31. The van der Waals surface area contributed by atoms with Crippen molar-refractivity contribution in [1.29, 1.82) is 0 Å². The molecule has 0 aliphatic heterocycles. The van der Waals surface area contributed by atoms with Crippen LogP contribution in [-0.2, 0) is 9.68 Å². The topological polar surface area (TPSA) is 52.6 Å². The Morgan fingerprint density at radius 1 is 1.00 bits per heavy atom. The van der Waals surface area contributed by atoms with Crippen LogP contribution in [0, 0.1) is 19.7 Å². The normalized spacial score (nSPS) is 10.2. The molecule has 0 amide bonds. The second-order valence-electron chi connectivity index (χ2n) is 4.88. The number of hydrogen-bond acceptors (Lipinski definition) is 4. The van der Waals surface area contributed by atoms with Gasteiger partial charge in [0, 0.05) is 23.6 Å². The summed E-state index contributed by atoms with van der Waals surface area (Å²) in [5, 5.41) is 0. The average molecular weight is 302 g/mol. The summed E-state index contributed by atoms with van der Waals surface area (Å²) in [6, 6.07) is 8.66. The van der Waals surface area contributed by atoms with Crippen LogP contribution in [0.25, 0.3) is 0 Å². The maximum absolute atomic E-state index is 12.9. The largest absolute Gasteiger partial charge is 0.352 e. The Balaban J connectivity index is 2.39. The monoisotopic (exact) mass is 302 g/mol.